The van der Waals surface area contributed by atoms with Gasteiger partial charge in [0, 0.05) is 5.56 Å². The quantitative estimate of drug-likeness (QED) is 0.730. The van der Waals surface area contributed by atoms with Crippen molar-refractivity contribution in [1.29, 1.82) is 0 Å². The van der Waals surface area contributed by atoms with Crippen LogP contribution in [-0.2, 0) is 4.79 Å². The maximum Gasteiger partial charge on any atom is 0.235 e. The Morgan fingerprint density at radius 2 is 1.96 bits per heavy atom. The van der Waals surface area contributed by atoms with Crippen molar-refractivity contribution in [2.75, 3.05) is 11.1 Å². The number of benzene rings is 2. The van der Waals surface area contributed by atoms with Gasteiger partial charge in [0.2, 0.25) is 5.91 Å². The first-order valence-electron chi connectivity index (χ1n) is 8.36. The fourth-order valence-corrected chi connectivity index (χ4v) is 4.37. The highest BCUT2D eigenvalue weighted by Gasteiger charge is 2.30. The van der Waals surface area contributed by atoms with Gasteiger partial charge in [-0.05, 0) is 43.7 Å². The standard InChI is InChI=1S/C20H18FN3OS/c1-12-6-8-16(9-7-12)24-20-18(13(2)23-24)19(26-11-17(25)22-20)14-4-3-5-15(21)10-14/h3-10,19H,11H2,1-2H3,(H,22,25). The van der Waals surface area contributed by atoms with Crippen molar-refractivity contribution < 1.29 is 9.18 Å². The molecule has 0 radical (unpaired) electrons. The number of fused-ring (bicyclic) bond motifs is 1. The Morgan fingerprint density at radius 1 is 1.19 bits per heavy atom. The third kappa shape index (κ3) is 3.01. The van der Waals surface area contributed by atoms with Crippen LogP contribution in [0.15, 0.2) is 48.5 Å². The number of carbonyl (C=O) groups excluding carboxylic acids is 1. The number of aromatic nitrogens is 2. The molecule has 2 heterocycles. The van der Waals surface area contributed by atoms with Crippen molar-refractivity contribution in [3.8, 4) is 5.69 Å². The van der Waals surface area contributed by atoms with Crippen LogP contribution in [-0.4, -0.2) is 21.4 Å². The molecule has 3 aromatic rings. The monoisotopic (exact) mass is 367 g/mol. The van der Waals surface area contributed by atoms with Gasteiger partial charge in [-0.3, -0.25) is 4.79 Å². The number of halogens is 1. The molecule has 1 aliphatic heterocycles. The average Bonchev–Trinajstić information content (AvgIpc) is 2.82. The van der Waals surface area contributed by atoms with E-state index in [4.69, 9.17) is 0 Å². The SMILES string of the molecule is Cc1ccc(-n2nc(C)c3c2NC(=O)CSC3c2cccc(F)c2)cc1. The van der Waals surface area contributed by atoms with Gasteiger partial charge in [0.15, 0.2) is 0 Å². The van der Waals surface area contributed by atoms with E-state index in [1.54, 1.807) is 10.7 Å². The highest BCUT2D eigenvalue weighted by molar-refractivity contribution is 8.00. The van der Waals surface area contributed by atoms with E-state index >= 15 is 0 Å². The molecule has 0 fully saturated rings. The van der Waals surface area contributed by atoms with Crippen LogP contribution in [0.4, 0.5) is 10.2 Å². The van der Waals surface area contributed by atoms with Gasteiger partial charge in [0.1, 0.15) is 11.6 Å². The number of nitrogens with zero attached hydrogens (tertiary/aromatic N) is 2. The molecule has 0 bridgehead atoms. The van der Waals surface area contributed by atoms with E-state index in [0.29, 0.717) is 11.6 Å². The molecule has 1 amide bonds. The minimum absolute atomic E-state index is 0.0802. The summed E-state index contributed by atoms with van der Waals surface area (Å²) >= 11 is 1.49. The molecule has 0 aliphatic carbocycles. The highest BCUT2D eigenvalue weighted by Crippen LogP contribution is 2.43. The third-order valence-electron chi connectivity index (χ3n) is 4.44. The second-order valence-electron chi connectivity index (χ2n) is 6.39. The van der Waals surface area contributed by atoms with Gasteiger partial charge >= 0.3 is 0 Å². The van der Waals surface area contributed by atoms with Crippen molar-refractivity contribution in [3.63, 3.8) is 0 Å². The maximum absolute atomic E-state index is 13.8. The number of amides is 1. The molecular weight excluding hydrogens is 349 g/mol. The molecule has 1 unspecified atom stereocenters. The Hall–Kier alpha value is -2.60. The van der Waals surface area contributed by atoms with Crippen LogP contribution in [0.1, 0.15) is 27.6 Å². The minimum Gasteiger partial charge on any atom is -0.310 e. The van der Waals surface area contributed by atoms with Gasteiger partial charge in [0.25, 0.3) is 0 Å². The van der Waals surface area contributed by atoms with E-state index < -0.39 is 0 Å². The first kappa shape index (κ1) is 16.8. The van der Waals surface area contributed by atoms with Crippen molar-refractivity contribution >= 4 is 23.5 Å². The lowest BCUT2D eigenvalue weighted by Gasteiger charge is -2.15. The normalized spacial score (nSPS) is 16.7. The molecule has 1 N–H and O–H groups in total. The maximum atomic E-state index is 13.8. The summed E-state index contributed by atoms with van der Waals surface area (Å²) in [5.74, 6) is 0.610. The topological polar surface area (TPSA) is 46.9 Å². The number of hydrogen-bond acceptors (Lipinski definition) is 3. The molecule has 2 aromatic carbocycles. The predicted molar refractivity (Wildman–Crippen MR) is 102 cm³/mol. The van der Waals surface area contributed by atoms with Gasteiger partial charge in [-0.25, -0.2) is 9.07 Å². The summed E-state index contributed by atoms with van der Waals surface area (Å²) in [6, 6.07) is 14.5. The van der Waals surface area contributed by atoms with Crippen LogP contribution < -0.4 is 5.32 Å². The molecule has 4 nitrogen and oxygen atoms in total. The van der Waals surface area contributed by atoms with Crippen molar-refractivity contribution in [1.82, 2.24) is 9.78 Å². The van der Waals surface area contributed by atoms with E-state index in [1.807, 2.05) is 44.2 Å². The molecule has 6 heteroatoms. The number of anilines is 1. The Bertz CT molecular complexity index is 981. The van der Waals surface area contributed by atoms with E-state index in [9.17, 15) is 9.18 Å². The summed E-state index contributed by atoms with van der Waals surface area (Å²) in [5.41, 5.74) is 4.61. The zero-order chi connectivity index (χ0) is 18.3. The zero-order valence-electron chi connectivity index (χ0n) is 14.5. The third-order valence-corrected chi connectivity index (χ3v) is 5.71. The number of nitrogens with one attached hydrogen (secondary N) is 1. The number of aryl methyl sites for hydroxylation is 2. The van der Waals surface area contributed by atoms with E-state index in [1.165, 1.54) is 23.9 Å². The summed E-state index contributed by atoms with van der Waals surface area (Å²) < 4.78 is 15.5. The molecule has 26 heavy (non-hydrogen) atoms. The van der Waals surface area contributed by atoms with Crippen LogP contribution in [0.25, 0.3) is 5.69 Å². The minimum atomic E-state index is -0.281. The number of carbonyl (C=O) groups is 1. The van der Waals surface area contributed by atoms with Crippen molar-refractivity contribution in [3.05, 3.63) is 76.7 Å². The van der Waals surface area contributed by atoms with Crippen LogP contribution >= 0.6 is 11.8 Å². The smallest absolute Gasteiger partial charge is 0.235 e. The molecule has 0 saturated carbocycles. The van der Waals surface area contributed by atoms with Gasteiger partial charge in [0.05, 0.1) is 22.4 Å². The predicted octanol–water partition coefficient (Wildman–Crippen LogP) is 4.40. The molecule has 1 atom stereocenters. The first-order chi connectivity index (χ1) is 12.5. The Balaban J connectivity index is 1.89. The van der Waals surface area contributed by atoms with Gasteiger partial charge < -0.3 is 5.32 Å². The molecule has 4 rings (SSSR count). The second-order valence-corrected chi connectivity index (χ2v) is 7.48. The second kappa shape index (κ2) is 6.61. The van der Waals surface area contributed by atoms with Crippen molar-refractivity contribution in [2.24, 2.45) is 0 Å². The molecule has 1 aromatic heterocycles. The molecule has 132 valence electrons. The van der Waals surface area contributed by atoms with Crippen LogP contribution in [0.2, 0.25) is 0 Å². The van der Waals surface area contributed by atoms with Crippen LogP contribution in [0.5, 0.6) is 0 Å². The summed E-state index contributed by atoms with van der Waals surface area (Å²) in [5, 5.41) is 7.49. The fraction of sp³-hybridized carbons (Fsp3) is 0.200. The van der Waals surface area contributed by atoms with E-state index in [0.717, 1.165) is 28.1 Å². The lowest BCUT2D eigenvalue weighted by Crippen LogP contribution is -2.15. The first-order valence-corrected chi connectivity index (χ1v) is 9.41. The largest absolute Gasteiger partial charge is 0.310 e. The summed E-state index contributed by atoms with van der Waals surface area (Å²) in [6.07, 6.45) is 0. The van der Waals surface area contributed by atoms with E-state index in [2.05, 4.69) is 10.4 Å². The van der Waals surface area contributed by atoms with Gasteiger partial charge in [-0.1, -0.05) is 29.8 Å². The Kier molecular flexibility index (Phi) is 4.28. The number of thioether (sulfide) groups is 1. The van der Waals surface area contributed by atoms with Crippen LogP contribution in [0, 0.1) is 19.7 Å². The summed E-state index contributed by atoms with van der Waals surface area (Å²) in [7, 11) is 0. The average molecular weight is 367 g/mol. The number of rotatable bonds is 2. The molecule has 0 spiro atoms. The Labute approximate surface area is 155 Å². The van der Waals surface area contributed by atoms with Gasteiger partial charge in [-0.15, -0.1) is 11.8 Å². The molecular formula is C20H18FN3OS. The summed E-state index contributed by atoms with van der Waals surface area (Å²) in [4.78, 5) is 12.3. The molecule has 0 saturated heterocycles. The highest BCUT2D eigenvalue weighted by atomic mass is 32.2. The number of hydrogen-bond donors (Lipinski definition) is 1. The lowest BCUT2D eigenvalue weighted by atomic mass is 10.0. The van der Waals surface area contributed by atoms with Gasteiger partial charge in [-0.2, -0.15) is 5.10 Å². The van der Waals surface area contributed by atoms with E-state index in [-0.39, 0.29) is 17.0 Å². The fourth-order valence-electron chi connectivity index (χ4n) is 3.19. The lowest BCUT2D eigenvalue weighted by molar-refractivity contribution is -0.113. The van der Waals surface area contributed by atoms with Crippen molar-refractivity contribution in [2.45, 2.75) is 19.1 Å². The van der Waals surface area contributed by atoms with Crippen LogP contribution in [0.3, 0.4) is 0 Å². The summed E-state index contributed by atoms with van der Waals surface area (Å²) in [6.45, 7) is 3.95. The zero-order valence-corrected chi connectivity index (χ0v) is 15.3. The molecule has 1 aliphatic rings. The Morgan fingerprint density at radius 3 is 2.69 bits per heavy atom.